The molecule has 1 amide bonds. The molecule has 0 aromatic heterocycles. The zero-order valence-electron chi connectivity index (χ0n) is 15.2. The third kappa shape index (κ3) is 6.14. The molecule has 3 aromatic carbocycles. The quantitative estimate of drug-likeness (QED) is 0.478. The van der Waals surface area contributed by atoms with Crippen molar-refractivity contribution in [3.8, 4) is 0 Å². The molecular formula is C21H18BrClN2O3S. The molecule has 5 nitrogen and oxygen atoms in total. The van der Waals surface area contributed by atoms with Crippen LogP contribution in [0.1, 0.15) is 18.0 Å². The van der Waals surface area contributed by atoms with Gasteiger partial charge in [-0.2, -0.15) is 0 Å². The molecular weight excluding hydrogens is 476 g/mol. The van der Waals surface area contributed by atoms with Crippen LogP contribution in [0, 0.1) is 0 Å². The van der Waals surface area contributed by atoms with E-state index in [1.807, 2.05) is 6.07 Å². The summed E-state index contributed by atoms with van der Waals surface area (Å²) in [6.07, 6.45) is -0.0671. The number of hydrogen-bond acceptors (Lipinski definition) is 3. The number of rotatable bonds is 7. The van der Waals surface area contributed by atoms with Gasteiger partial charge in [0, 0.05) is 21.6 Å². The lowest BCUT2D eigenvalue weighted by molar-refractivity contribution is -0.116. The van der Waals surface area contributed by atoms with E-state index in [4.69, 9.17) is 11.6 Å². The topological polar surface area (TPSA) is 75.3 Å². The molecule has 0 radical (unpaired) electrons. The van der Waals surface area contributed by atoms with Crippen LogP contribution >= 0.6 is 27.5 Å². The second-order valence-corrected chi connectivity index (χ2v) is 9.36. The molecule has 0 bridgehead atoms. The fraction of sp³-hybridized carbons (Fsp3) is 0.0952. The van der Waals surface area contributed by atoms with E-state index in [0.29, 0.717) is 16.3 Å². The van der Waals surface area contributed by atoms with Gasteiger partial charge in [0.2, 0.25) is 15.9 Å². The smallest absolute Gasteiger partial charge is 0.241 e. The highest BCUT2D eigenvalue weighted by Crippen LogP contribution is 2.23. The van der Waals surface area contributed by atoms with Gasteiger partial charge < -0.3 is 5.32 Å². The first-order chi connectivity index (χ1) is 13.8. The maximum atomic E-state index is 12.8. The molecule has 0 aliphatic carbocycles. The Morgan fingerprint density at radius 3 is 2.17 bits per heavy atom. The van der Waals surface area contributed by atoms with Crippen molar-refractivity contribution >= 4 is 49.1 Å². The van der Waals surface area contributed by atoms with Crippen LogP contribution < -0.4 is 10.0 Å². The summed E-state index contributed by atoms with van der Waals surface area (Å²) in [5, 5.41) is 3.33. The highest BCUT2D eigenvalue weighted by molar-refractivity contribution is 9.10. The Morgan fingerprint density at radius 1 is 0.931 bits per heavy atom. The van der Waals surface area contributed by atoms with Crippen molar-refractivity contribution in [1.29, 1.82) is 0 Å². The second-order valence-electron chi connectivity index (χ2n) is 6.30. The summed E-state index contributed by atoms with van der Waals surface area (Å²) in [6, 6.07) is 21.3. The summed E-state index contributed by atoms with van der Waals surface area (Å²) in [5.41, 5.74) is 1.28. The minimum atomic E-state index is -3.82. The molecule has 2 N–H and O–H groups in total. The molecule has 0 saturated carbocycles. The molecule has 0 aliphatic rings. The van der Waals surface area contributed by atoms with Gasteiger partial charge in [0.15, 0.2) is 0 Å². The molecule has 8 heteroatoms. The third-order valence-electron chi connectivity index (χ3n) is 4.14. The zero-order chi connectivity index (χ0) is 20.9. The van der Waals surface area contributed by atoms with Crippen molar-refractivity contribution in [3.63, 3.8) is 0 Å². The average molecular weight is 494 g/mol. The number of anilines is 1. The largest absolute Gasteiger partial charge is 0.326 e. The number of amides is 1. The van der Waals surface area contributed by atoms with Crippen LogP contribution in [-0.4, -0.2) is 14.3 Å². The highest BCUT2D eigenvalue weighted by atomic mass is 79.9. The summed E-state index contributed by atoms with van der Waals surface area (Å²) in [7, 11) is -3.82. The number of benzene rings is 3. The number of halogens is 2. The van der Waals surface area contributed by atoms with E-state index >= 15 is 0 Å². The fourth-order valence-electron chi connectivity index (χ4n) is 2.71. The molecule has 3 rings (SSSR count). The van der Waals surface area contributed by atoms with Crippen LogP contribution in [0.2, 0.25) is 5.02 Å². The van der Waals surface area contributed by atoms with Gasteiger partial charge in [-0.15, -0.1) is 0 Å². The van der Waals surface area contributed by atoms with Crippen LogP contribution in [0.5, 0.6) is 0 Å². The van der Waals surface area contributed by atoms with E-state index in [1.165, 1.54) is 12.1 Å². The molecule has 0 spiro atoms. The number of nitrogens with one attached hydrogen (secondary N) is 2. The number of hydrogen-bond donors (Lipinski definition) is 2. The van der Waals surface area contributed by atoms with Crippen LogP contribution in [0.15, 0.2) is 88.2 Å². The minimum absolute atomic E-state index is 0.0671. The maximum absolute atomic E-state index is 12.8. The van der Waals surface area contributed by atoms with Gasteiger partial charge in [-0.1, -0.05) is 57.9 Å². The van der Waals surface area contributed by atoms with Gasteiger partial charge in [0.1, 0.15) is 0 Å². The van der Waals surface area contributed by atoms with E-state index in [1.54, 1.807) is 60.7 Å². The van der Waals surface area contributed by atoms with E-state index in [9.17, 15) is 13.2 Å². The Balaban J connectivity index is 1.80. The molecule has 0 fully saturated rings. The normalized spacial score (nSPS) is 12.3. The number of sulfonamides is 1. The molecule has 1 atom stereocenters. The van der Waals surface area contributed by atoms with Crippen LogP contribution in [0.25, 0.3) is 0 Å². The molecule has 29 heavy (non-hydrogen) atoms. The lowest BCUT2D eigenvalue weighted by Crippen LogP contribution is -2.31. The van der Waals surface area contributed by atoms with Crippen molar-refractivity contribution < 1.29 is 13.2 Å². The Morgan fingerprint density at radius 2 is 1.55 bits per heavy atom. The fourth-order valence-corrected chi connectivity index (χ4v) is 4.33. The van der Waals surface area contributed by atoms with Crippen molar-refractivity contribution in [3.05, 3.63) is 93.9 Å². The van der Waals surface area contributed by atoms with Crippen molar-refractivity contribution in [2.45, 2.75) is 17.4 Å². The first-order valence-corrected chi connectivity index (χ1v) is 11.4. The standard InChI is InChI=1S/C21H18BrClN2O3S/c22-16-6-12-19(13-7-16)29(27,28)25-20(15-4-2-1-3-5-15)14-21(26)24-18-10-8-17(23)9-11-18/h1-13,20,25H,14H2,(H,24,26). The first kappa shape index (κ1) is 21.5. The van der Waals surface area contributed by atoms with E-state index in [2.05, 4.69) is 26.0 Å². The maximum Gasteiger partial charge on any atom is 0.241 e. The summed E-state index contributed by atoms with van der Waals surface area (Å²) in [6.45, 7) is 0. The van der Waals surface area contributed by atoms with Gasteiger partial charge in [-0.25, -0.2) is 13.1 Å². The monoisotopic (exact) mass is 492 g/mol. The summed E-state index contributed by atoms with van der Waals surface area (Å²) >= 11 is 9.15. The van der Waals surface area contributed by atoms with Crippen molar-refractivity contribution in [1.82, 2.24) is 4.72 Å². The van der Waals surface area contributed by atoms with Gasteiger partial charge in [-0.05, 0) is 54.1 Å². The van der Waals surface area contributed by atoms with Gasteiger partial charge in [0.25, 0.3) is 0 Å². The lowest BCUT2D eigenvalue weighted by Gasteiger charge is -2.19. The molecule has 150 valence electrons. The Kier molecular flexibility index (Phi) is 7.08. The molecule has 0 aliphatic heterocycles. The Labute approximate surface area is 183 Å². The van der Waals surface area contributed by atoms with Crippen molar-refractivity contribution in [2.75, 3.05) is 5.32 Å². The SMILES string of the molecule is O=C(CC(NS(=O)(=O)c1ccc(Br)cc1)c1ccccc1)Nc1ccc(Cl)cc1. The van der Waals surface area contributed by atoms with Crippen LogP contribution in [-0.2, 0) is 14.8 Å². The summed E-state index contributed by atoms with van der Waals surface area (Å²) < 4.78 is 29.1. The molecule has 0 heterocycles. The van der Waals surface area contributed by atoms with E-state index in [-0.39, 0.29) is 17.2 Å². The van der Waals surface area contributed by atoms with E-state index < -0.39 is 16.1 Å². The average Bonchev–Trinajstić information content (AvgIpc) is 2.70. The highest BCUT2D eigenvalue weighted by Gasteiger charge is 2.23. The molecule has 0 saturated heterocycles. The third-order valence-corrected chi connectivity index (χ3v) is 6.41. The van der Waals surface area contributed by atoms with Crippen molar-refractivity contribution in [2.24, 2.45) is 0 Å². The minimum Gasteiger partial charge on any atom is -0.326 e. The van der Waals surface area contributed by atoms with Gasteiger partial charge in [-0.3, -0.25) is 4.79 Å². The van der Waals surface area contributed by atoms with Gasteiger partial charge in [0.05, 0.1) is 10.9 Å². The Bertz CT molecular complexity index is 1070. The summed E-state index contributed by atoms with van der Waals surface area (Å²) in [5.74, 6) is -0.320. The second kappa shape index (κ2) is 9.54. The van der Waals surface area contributed by atoms with Crippen LogP contribution in [0.4, 0.5) is 5.69 Å². The molecule has 1 unspecified atom stereocenters. The number of carbonyl (C=O) groups excluding carboxylic acids is 1. The zero-order valence-corrected chi connectivity index (χ0v) is 18.3. The predicted molar refractivity (Wildman–Crippen MR) is 118 cm³/mol. The Hall–Kier alpha value is -2.19. The first-order valence-electron chi connectivity index (χ1n) is 8.72. The van der Waals surface area contributed by atoms with Gasteiger partial charge >= 0.3 is 0 Å². The lowest BCUT2D eigenvalue weighted by atomic mass is 10.0. The number of carbonyl (C=O) groups is 1. The van der Waals surface area contributed by atoms with Crippen LogP contribution in [0.3, 0.4) is 0 Å². The predicted octanol–water partition coefficient (Wildman–Crippen LogP) is 5.15. The van der Waals surface area contributed by atoms with E-state index in [0.717, 1.165) is 4.47 Å². The molecule has 3 aromatic rings. The summed E-state index contributed by atoms with van der Waals surface area (Å²) in [4.78, 5) is 12.7.